The Morgan fingerprint density at radius 2 is 1.57 bits per heavy atom. The van der Waals surface area contributed by atoms with Gasteiger partial charge in [-0.05, 0) is 31.0 Å². The van der Waals surface area contributed by atoms with E-state index in [9.17, 15) is 32.3 Å². The molecule has 0 radical (unpaired) electrons. The lowest BCUT2D eigenvalue weighted by molar-refractivity contribution is -0.146. The van der Waals surface area contributed by atoms with Gasteiger partial charge in [-0.15, -0.1) is 0 Å². The fourth-order valence-corrected chi connectivity index (χ4v) is 3.39. The van der Waals surface area contributed by atoms with Gasteiger partial charge in [0.2, 0.25) is 0 Å². The highest BCUT2D eigenvalue weighted by Crippen LogP contribution is 2.26. The van der Waals surface area contributed by atoms with Crippen LogP contribution in [0.2, 0.25) is 0 Å². The van der Waals surface area contributed by atoms with E-state index in [4.69, 9.17) is 14.3 Å². The number of nitrogens with one attached hydrogen (secondary N) is 1. The molecule has 1 heterocycles. The lowest BCUT2D eigenvalue weighted by Crippen LogP contribution is -2.36. The fraction of sp³-hybridized carbons (Fsp3) is 0.304. The van der Waals surface area contributed by atoms with E-state index in [0.29, 0.717) is 25.0 Å². The molecule has 3 rings (SSSR count). The molecular formula is C23H24F4N2O6. The molecule has 1 saturated heterocycles. The molecule has 0 bridgehead atoms. The summed E-state index contributed by atoms with van der Waals surface area (Å²) in [6, 6.07) is 4.66. The van der Waals surface area contributed by atoms with Crippen molar-refractivity contribution >= 4 is 36.8 Å². The van der Waals surface area contributed by atoms with Crippen LogP contribution in [0, 0.1) is 23.3 Å². The molecule has 1 aliphatic heterocycles. The third kappa shape index (κ3) is 8.18. The van der Waals surface area contributed by atoms with Gasteiger partial charge in [0.05, 0.1) is 18.3 Å². The molecule has 0 unspecified atom stereocenters. The highest BCUT2D eigenvalue weighted by molar-refractivity contribution is 6.04. The van der Waals surface area contributed by atoms with Crippen molar-refractivity contribution in [2.45, 2.75) is 32.0 Å². The Labute approximate surface area is 198 Å². The van der Waals surface area contributed by atoms with E-state index in [0.717, 1.165) is 6.07 Å². The zero-order valence-corrected chi connectivity index (χ0v) is 18.7. The topological polar surface area (TPSA) is 113 Å². The number of carbonyl (C=O) groups is 4. The first-order valence-electron chi connectivity index (χ1n) is 10.1. The molecule has 1 aliphatic rings. The molecule has 2 aromatic carbocycles. The third-order valence-corrected chi connectivity index (χ3v) is 4.80. The number of amides is 1. The number of esters is 1. The van der Waals surface area contributed by atoms with Crippen molar-refractivity contribution < 1.29 is 46.6 Å². The first-order chi connectivity index (χ1) is 16.6. The largest absolute Gasteiger partial charge is 0.461 e. The summed E-state index contributed by atoms with van der Waals surface area (Å²) < 4.78 is 59.6. The number of halogens is 4. The molecule has 0 aromatic heterocycles. The Morgan fingerprint density at radius 1 is 0.971 bits per heavy atom. The van der Waals surface area contributed by atoms with Crippen LogP contribution in [0.25, 0.3) is 0 Å². The van der Waals surface area contributed by atoms with Gasteiger partial charge in [-0.25, -0.2) is 17.6 Å². The second-order valence-corrected chi connectivity index (χ2v) is 7.24. The molecule has 2 N–H and O–H groups in total. The molecule has 1 fully saturated rings. The lowest BCUT2D eigenvalue weighted by atomic mass is 10.1. The second-order valence-electron chi connectivity index (χ2n) is 7.24. The molecule has 2 atom stereocenters. The number of hydrogen-bond donors (Lipinski definition) is 2. The first-order valence-corrected chi connectivity index (χ1v) is 10.1. The van der Waals surface area contributed by atoms with Gasteiger partial charge >= 0.3 is 5.97 Å². The third-order valence-electron chi connectivity index (χ3n) is 4.80. The summed E-state index contributed by atoms with van der Waals surface area (Å²) in [5, 5.41) is 12.4. The number of rotatable bonds is 4. The number of aliphatic hydroxyl groups is 1. The molecule has 12 heteroatoms. The first kappa shape index (κ1) is 29.2. The number of benzene rings is 2. The predicted molar refractivity (Wildman–Crippen MR) is 118 cm³/mol. The summed E-state index contributed by atoms with van der Waals surface area (Å²) in [5.74, 6) is -6.59. The van der Waals surface area contributed by atoms with Crippen LogP contribution in [0.15, 0.2) is 30.3 Å². The van der Waals surface area contributed by atoms with Gasteiger partial charge in [0.25, 0.3) is 5.91 Å². The molecular weight excluding hydrogens is 476 g/mol. The number of ether oxygens (including phenoxy) is 1. The summed E-state index contributed by atoms with van der Waals surface area (Å²) in [6.07, 6.45) is -0.641. The zero-order chi connectivity index (χ0) is 26.7. The highest BCUT2D eigenvalue weighted by Gasteiger charge is 2.27. The molecule has 35 heavy (non-hydrogen) atoms. The molecule has 2 aromatic rings. The quantitative estimate of drug-likeness (QED) is 0.377. The highest BCUT2D eigenvalue weighted by atomic mass is 19.2. The summed E-state index contributed by atoms with van der Waals surface area (Å²) in [7, 11) is 0. The van der Waals surface area contributed by atoms with E-state index in [2.05, 4.69) is 5.32 Å². The Balaban J connectivity index is 0.00000145. The van der Waals surface area contributed by atoms with Crippen molar-refractivity contribution in [3.63, 3.8) is 0 Å². The number of hydrogen-bond acceptors (Lipinski definition) is 7. The average molecular weight is 500 g/mol. The predicted octanol–water partition coefficient (Wildman–Crippen LogP) is 3.02. The van der Waals surface area contributed by atoms with Gasteiger partial charge in [-0.1, -0.05) is 0 Å². The summed E-state index contributed by atoms with van der Waals surface area (Å²) in [6.45, 7) is 5.40. The van der Waals surface area contributed by atoms with E-state index in [-0.39, 0.29) is 30.0 Å². The van der Waals surface area contributed by atoms with Crippen LogP contribution in [0.3, 0.4) is 0 Å². The summed E-state index contributed by atoms with van der Waals surface area (Å²) >= 11 is 0. The maximum Gasteiger partial charge on any atom is 0.302 e. The van der Waals surface area contributed by atoms with Gasteiger partial charge in [-0.2, -0.15) is 0 Å². The van der Waals surface area contributed by atoms with Crippen LogP contribution >= 0.6 is 0 Å². The average Bonchev–Trinajstić information content (AvgIpc) is 3.01. The van der Waals surface area contributed by atoms with Crippen molar-refractivity contribution in [3.8, 4) is 0 Å². The van der Waals surface area contributed by atoms with Crippen molar-refractivity contribution in [1.82, 2.24) is 0 Å². The minimum atomic E-state index is -1.66. The summed E-state index contributed by atoms with van der Waals surface area (Å²) in [5.41, 5.74) is -0.362. The van der Waals surface area contributed by atoms with Gasteiger partial charge in [-0.3, -0.25) is 9.59 Å². The second kappa shape index (κ2) is 13.8. The number of carbonyl (C=O) groups excluding carboxylic acids is 4. The molecule has 0 aliphatic carbocycles. The van der Waals surface area contributed by atoms with Crippen molar-refractivity contribution in [1.29, 1.82) is 0 Å². The number of aliphatic hydroxyl groups excluding tert-OH is 1. The van der Waals surface area contributed by atoms with Crippen molar-refractivity contribution in [3.05, 3.63) is 59.2 Å². The van der Waals surface area contributed by atoms with E-state index in [1.54, 1.807) is 0 Å². The Kier molecular flexibility index (Phi) is 11.5. The van der Waals surface area contributed by atoms with Crippen molar-refractivity contribution in [2.75, 3.05) is 23.3 Å². The van der Waals surface area contributed by atoms with Crippen LogP contribution in [-0.2, 0) is 19.1 Å². The smallest absolute Gasteiger partial charge is 0.302 e. The maximum absolute atomic E-state index is 14.5. The van der Waals surface area contributed by atoms with E-state index < -0.39 is 47.4 Å². The van der Waals surface area contributed by atoms with Crippen molar-refractivity contribution in [2.24, 2.45) is 0 Å². The van der Waals surface area contributed by atoms with Gasteiger partial charge in [0.15, 0.2) is 17.5 Å². The summed E-state index contributed by atoms with van der Waals surface area (Å²) in [4.78, 5) is 41.3. The van der Waals surface area contributed by atoms with Crippen LogP contribution in [-0.4, -0.2) is 55.9 Å². The zero-order valence-electron chi connectivity index (χ0n) is 18.7. The molecule has 1 amide bonds. The number of β-amino-alcohol motifs (C(OH)–C–C–N with tert-alkyl or cyclic N) is 1. The van der Waals surface area contributed by atoms with E-state index in [1.807, 2.05) is 13.6 Å². The van der Waals surface area contributed by atoms with Crippen LogP contribution in [0.4, 0.5) is 28.9 Å². The standard InChI is InChI=1S/C21H20F4N2O4.2CH2O/c1-11(28)31-15-4-3-14(29)9-27(10-15)19-6-12(2-5-16(19)22)21(30)26-13-7-17(23)20(25)18(24)8-13;2*1-2/h2,5-8,14-15,29H,3-4,9-10H2,1H3,(H,26,30);2*1H2/t14-,15+;;/m0../s1. The normalized spacial score (nSPS) is 17.0. The van der Waals surface area contributed by atoms with Gasteiger partial charge in [0.1, 0.15) is 25.5 Å². The van der Waals surface area contributed by atoms with Crippen LogP contribution < -0.4 is 10.2 Å². The van der Waals surface area contributed by atoms with E-state index >= 15 is 0 Å². The Morgan fingerprint density at radius 3 is 2.14 bits per heavy atom. The number of anilines is 2. The fourth-order valence-electron chi connectivity index (χ4n) is 3.39. The maximum atomic E-state index is 14.5. The Hall–Kier alpha value is -3.80. The minimum Gasteiger partial charge on any atom is -0.461 e. The molecule has 190 valence electrons. The van der Waals surface area contributed by atoms with Crippen LogP contribution in [0.1, 0.15) is 30.1 Å². The minimum absolute atomic E-state index is 0.0118. The molecule has 0 saturated carbocycles. The van der Waals surface area contributed by atoms with Gasteiger partial charge in [0, 0.05) is 36.9 Å². The number of nitrogens with zero attached hydrogens (tertiary/aromatic N) is 1. The lowest BCUT2D eigenvalue weighted by Gasteiger charge is -2.27. The molecule has 8 nitrogen and oxygen atoms in total. The Bertz CT molecular complexity index is 1010. The molecule has 0 spiro atoms. The SMILES string of the molecule is C=O.C=O.CC(=O)O[C@@H]1CC[C@H](O)CN(c2cc(C(=O)Nc3cc(F)c(F)c(F)c3)ccc2F)C1. The monoisotopic (exact) mass is 500 g/mol. The van der Waals surface area contributed by atoms with Crippen LogP contribution in [0.5, 0.6) is 0 Å². The van der Waals surface area contributed by atoms with Gasteiger partial charge < -0.3 is 29.6 Å². The van der Waals surface area contributed by atoms with E-state index in [1.165, 1.54) is 24.0 Å².